The van der Waals surface area contributed by atoms with Crippen LogP contribution in [0.15, 0.2) is 11.2 Å². The van der Waals surface area contributed by atoms with Gasteiger partial charge in [-0.2, -0.15) is 5.10 Å². The zero-order valence-electron chi connectivity index (χ0n) is 9.68. The van der Waals surface area contributed by atoms with Crippen LogP contribution in [0.5, 0.6) is 0 Å². The largest absolute Gasteiger partial charge is 0.392 e. The lowest BCUT2D eigenvalue weighted by Gasteiger charge is -2.13. The summed E-state index contributed by atoms with van der Waals surface area (Å²) in [6.07, 6.45) is 4.57. The molecule has 1 aromatic rings. The van der Waals surface area contributed by atoms with Gasteiger partial charge in [-0.15, -0.1) is 0 Å². The summed E-state index contributed by atoms with van der Waals surface area (Å²) in [6.45, 7) is 1.51. The molecule has 96 valence electrons. The first kappa shape index (κ1) is 12.5. The van der Waals surface area contributed by atoms with Crippen molar-refractivity contribution >= 4 is 10.0 Å². The number of nitrogens with one attached hydrogen (secondary N) is 2. The lowest BCUT2D eigenvalue weighted by Crippen LogP contribution is -2.33. The second kappa shape index (κ2) is 4.75. The van der Waals surface area contributed by atoms with Gasteiger partial charge in [-0.3, -0.25) is 5.10 Å². The highest BCUT2D eigenvalue weighted by molar-refractivity contribution is 7.89. The van der Waals surface area contributed by atoms with Crippen LogP contribution < -0.4 is 4.72 Å². The van der Waals surface area contributed by atoms with Crippen LogP contribution in [-0.2, 0) is 16.6 Å². The summed E-state index contributed by atoms with van der Waals surface area (Å²) in [5.74, 6) is 0.659. The molecule has 0 saturated heterocycles. The summed E-state index contributed by atoms with van der Waals surface area (Å²) < 4.78 is 26.6. The highest BCUT2D eigenvalue weighted by Gasteiger charge is 2.27. The van der Waals surface area contributed by atoms with Gasteiger partial charge in [0.15, 0.2) is 5.03 Å². The Kier molecular flexibility index (Phi) is 3.50. The number of sulfonamides is 1. The highest BCUT2D eigenvalue weighted by Crippen LogP contribution is 2.33. The van der Waals surface area contributed by atoms with Gasteiger partial charge >= 0.3 is 0 Å². The van der Waals surface area contributed by atoms with Gasteiger partial charge in [-0.25, -0.2) is 13.1 Å². The van der Waals surface area contributed by atoms with Crippen LogP contribution in [0.25, 0.3) is 0 Å². The minimum absolute atomic E-state index is 0.0392. The fourth-order valence-electron chi connectivity index (χ4n) is 1.87. The molecule has 0 spiro atoms. The topological polar surface area (TPSA) is 95.1 Å². The Bertz CT molecular complexity index is 479. The average molecular weight is 259 g/mol. The molecule has 1 fully saturated rings. The Morgan fingerprint density at radius 2 is 2.35 bits per heavy atom. The Balaban J connectivity index is 2.07. The Morgan fingerprint density at radius 3 is 2.94 bits per heavy atom. The molecule has 1 aromatic heterocycles. The van der Waals surface area contributed by atoms with Gasteiger partial charge in [-0.1, -0.05) is 12.8 Å². The monoisotopic (exact) mass is 259 g/mol. The standard InChI is InChI=1S/C10H17N3O3S/c1-7(4-8-2-3-8)13-17(15,16)10-9(6-14)5-11-12-10/h5,7-8,13-14H,2-4,6H2,1H3,(H,11,12). The maximum Gasteiger partial charge on any atom is 0.258 e. The third kappa shape index (κ3) is 3.05. The minimum Gasteiger partial charge on any atom is -0.392 e. The highest BCUT2D eigenvalue weighted by atomic mass is 32.2. The zero-order chi connectivity index (χ0) is 12.5. The van der Waals surface area contributed by atoms with Gasteiger partial charge in [0.05, 0.1) is 12.8 Å². The molecule has 0 aromatic carbocycles. The van der Waals surface area contributed by atoms with Gasteiger partial charge < -0.3 is 5.11 Å². The SMILES string of the molecule is CC(CC1CC1)NS(=O)(=O)c1[nH]ncc1CO. The van der Waals surface area contributed by atoms with Gasteiger partial charge in [-0.05, 0) is 19.3 Å². The van der Waals surface area contributed by atoms with E-state index in [0.717, 1.165) is 6.42 Å². The minimum atomic E-state index is -3.60. The van der Waals surface area contributed by atoms with Crippen LogP contribution in [0.2, 0.25) is 0 Å². The van der Waals surface area contributed by atoms with E-state index in [2.05, 4.69) is 14.9 Å². The van der Waals surface area contributed by atoms with Crippen molar-refractivity contribution in [2.45, 2.75) is 43.9 Å². The van der Waals surface area contributed by atoms with E-state index in [-0.39, 0.29) is 23.2 Å². The number of rotatable bonds is 6. The van der Waals surface area contributed by atoms with Gasteiger partial charge in [0.2, 0.25) is 0 Å². The Hall–Kier alpha value is -0.920. The van der Waals surface area contributed by atoms with Crippen molar-refractivity contribution < 1.29 is 13.5 Å². The van der Waals surface area contributed by atoms with Crippen molar-refractivity contribution in [3.05, 3.63) is 11.8 Å². The van der Waals surface area contributed by atoms with Crippen molar-refractivity contribution in [1.82, 2.24) is 14.9 Å². The predicted molar refractivity (Wildman–Crippen MR) is 61.6 cm³/mol. The molecule has 1 saturated carbocycles. The summed E-state index contributed by atoms with van der Waals surface area (Å²) >= 11 is 0. The van der Waals surface area contributed by atoms with Crippen LogP contribution in [0.3, 0.4) is 0 Å². The maximum absolute atomic E-state index is 12.0. The molecule has 1 aliphatic carbocycles. The lowest BCUT2D eigenvalue weighted by atomic mass is 10.2. The van der Waals surface area contributed by atoms with E-state index in [1.165, 1.54) is 19.0 Å². The van der Waals surface area contributed by atoms with E-state index in [0.29, 0.717) is 5.92 Å². The lowest BCUT2D eigenvalue weighted by molar-refractivity contribution is 0.278. The third-order valence-electron chi connectivity index (χ3n) is 2.86. The first-order valence-electron chi connectivity index (χ1n) is 5.68. The molecule has 0 bridgehead atoms. The van der Waals surface area contributed by atoms with Crippen molar-refractivity contribution in [3.8, 4) is 0 Å². The van der Waals surface area contributed by atoms with E-state index in [4.69, 9.17) is 5.11 Å². The van der Waals surface area contributed by atoms with Crippen LogP contribution in [0, 0.1) is 5.92 Å². The molecule has 17 heavy (non-hydrogen) atoms. The number of aliphatic hydroxyl groups is 1. The zero-order valence-corrected chi connectivity index (χ0v) is 10.5. The molecule has 0 aliphatic heterocycles. The van der Waals surface area contributed by atoms with Crippen LogP contribution in [-0.4, -0.2) is 29.8 Å². The normalized spacial score (nSPS) is 18.2. The van der Waals surface area contributed by atoms with Crippen LogP contribution in [0.4, 0.5) is 0 Å². The van der Waals surface area contributed by atoms with Crippen molar-refractivity contribution in [3.63, 3.8) is 0 Å². The van der Waals surface area contributed by atoms with Crippen molar-refractivity contribution in [1.29, 1.82) is 0 Å². The fourth-order valence-corrected chi connectivity index (χ4v) is 3.25. The fraction of sp³-hybridized carbons (Fsp3) is 0.700. The molecule has 1 heterocycles. The first-order chi connectivity index (χ1) is 8.03. The molecular formula is C10H17N3O3S. The summed E-state index contributed by atoms with van der Waals surface area (Å²) in [5, 5.41) is 15.0. The second-order valence-electron chi connectivity index (χ2n) is 4.58. The van der Waals surface area contributed by atoms with E-state index < -0.39 is 10.0 Å². The van der Waals surface area contributed by atoms with E-state index in [1.807, 2.05) is 6.92 Å². The number of nitrogens with zero attached hydrogens (tertiary/aromatic N) is 1. The third-order valence-corrected chi connectivity index (χ3v) is 4.46. The van der Waals surface area contributed by atoms with E-state index in [9.17, 15) is 8.42 Å². The van der Waals surface area contributed by atoms with Gasteiger partial charge in [0, 0.05) is 11.6 Å². The molecule has 1 aliphatic rings. The number of aromatic amines is 1. The van der Waals surface area contributed by atoms with Crippen LogP contribution in [0.1, 0.15) is 31.7 Å². The number of H-pyrrole nitrogens is 1. The summed E-state index contributed by atoms with van der Waals surface area (Å²) in [4.78, 5) is 0. The summed E-state index contributed by atoms with van der Waals surface area (Å²) in [6, 6.07) is -0.0951. The van der Waals surface area contributed by atoms with E-state index >= 15 is 0 Å². The smallest absolute Gasteiger partial charge is 0.258 e. The first-order valence-corrected chi connectivity index (χ1v) is 7.16. The Morgan fingerprint density at radius 1 is 1.65 bits per heavy atom. The second-order valence-corrected chi connectivity index (χ2v) is 6.23. The summed E-state index contributed by atoms with van der Waals surface area (Å²) in [5.41, 5.74) is 0.288. The maximum atomic E-state index is 12.0. The number of aromatic nitrogens is 2. The number of aliphatic hydroxyl groups excluding tert-OH is 1. The van der Waals surface area contributed by atoms with Gasteiger partial charge in [0.25, 0.3) is 10.0 Å². The number of hydrogen-bond acceptors (Lipinski definition) is 4. The molecule has 6 nitrogen and oxygen atoms in total. The quantitative estimate of drug-likeness (QED) is 0.687. The summed E-state index contributed by atoms with van der Waals surface area (Å²) in [7, 11) is -3.60. The van der Waals surface area contributed by atoms with Crippen molar-refractivity contribution in [2.75, 3.05) is 0 Å². The molecule has 0 amide bonds. The molecule has 1 unspecified atom stereocenters. The molecule has 1 atom stereocenters. The molecule has 0 radical (unpaired) electrons. The van der Waals surface area contributed by atoms with Crippen molar-refractivity contribution in [2.24, 2.45) is 5.92 Å². The molecule has 7 heteroatoms. The van der Waals surface area contributed by atoms with E-state index in [1.54, 1.807) is 0 Å². The van der Waals surface area contributed by atoms with Crippen LogP contribution >= 0.6 is 0 Å². The number of hydrogen-bond donors (Lipinski definition) is 3. The molecular weight excluding hydrogens is 242 g/mol. The van der Waals surface area contributed by atoms with Gasteiger partial charge in [0.1, 0.15) is 0 Å². The Labute approximate surface area is 100 Å². The molecule has 2 rings (SSSR count). The average Bonchev–Trinajstić information content (AvgIpc) is 2.92. The molecule has 3 N–H and O–H groups in total. The predicted octanol–water partition coefficient (Wildman–Crippen LogP) is 0.369.